The van der Waals surface area contributed by atoms with Gasteiger partial charge in [-0.3, -0.25) is 0 Å². The average Bonchev–Trinajstić information content (AvgIpc) is 2.28. The van der Waals surface area contributed by atoms with Crippen LogP contribution in [0.3, 0.4) is 0 Å². The molecular formula is C12H15NO3. The van der Waals surface area contributed by atoms with Crippen LogP contribution in [0.15, 0.2) is 18.2 Å². The summed E-state index contributed by atoms with van der Waals surface area (Å²) < 4.78 is 4.69. The zero-order chi connectivity index (χ0) is 11.4. The first-order valence-corrected chi connectivity index (χ1v) is 5.42. The molecule has 4 nitrogen and oxygen atoms in total. The standard InChI is InChI=1S/C12H15NO3/c1-15-12(14)10-5-6-11-9(8-10)4-2-3-7-13-16-11/h5-6,8,13H,2-4,7H2,1H3. The van der Waals surface area contributed by atoms with Gasteiger partial charge in [-0.1, -0.05) is 0 Å². The van der Waals surface area contributed by atoms with Gasteiger partial charge >= 0.3 is 5.97 Å². The summed E-state index contributed by atoms with van der Waals surface area (Å²) in [5.41, 5.74) is 4.52. The third-order valence-corrected chi connectivity index (χ3v) is 2.64. The lowest BCUT2D eigenvalue weighted by Crippen LogP contribution is -2.22. The van der Waals surface area contributed by atoms with Gasteiger partial charge in [0.05, 0.1) is 12.7 Å². The molecule has 1 aliphatic heterocycles. The van der Waals surface area contributed by atoms with E-state index in [0.717, 1.165) is 37.1 Å². The first kappa shape index (κ1) is 11.0. The number of nitrogens with one attached hydrogen (secondary N) is 1. The van der Waals surface area contributed by atoms with Gasteiger partial charge in [0, 0.05) is 6.54 Å². The van der Waals surface area contributed by atoms with Crippen LogP contribution in [0.4, 0.5) is 0 Å². The van der Waals surface area contributed by atoms with Crippen LogP contribution < -0.4 is 10.3 Å². The molecule has 2 rings (SSSR count). The largest absolute Gasteiger partial charge is 0.465 e. The molecule has 0 saturated heterocycles. The second kappa shape index (κ2) is 4.99. The van der Waals surface area contributed by atoms with Crippen LogP contribution in [0.2, 0.25) is 0 Å². The molecule has 1 aliphatic rings. The molecule has 0 atom stereocenters. The van der Waals surface area contributed by atoms with Crippen LogP contribution in [0.5, 0.6) is 5.75 Å². The van der Waals surface area contributed by atoms with Gasteiger partial charge in [0.2, 0.25) is 0 Å². The number of rotatable bonds is 1. The van der Waals surface area contributed by atoms with E-state index in [1.807, 2.05) is 6.07 Å². The number of benzene rings is 1. The van der Waals surface area contributed by atoms with Crippen molar-refractivity contribution >= 4 is 5.97 Å². The molecular weight excluding hydrogens is 206 g/mol. The quantitative estimate of drug-likeness (QED) is 0.733. The van der Waals surface area contributed by atoms with Crippen LogP contribution in [-0.2, 0) is 11.2 Å². The van der Waals surface area contributed by atoms with Crippen molar-refractivity contribution in [3.63, 3.8) is 0 Å². The third-order valence-electron chi connectivity index (χ3n) is 2.64. The fraction of sp³-hybridized carbons (Fsp3) is 0.417. The maximum Gasteiger partial charge on any atom is 0.337 e. The average molecular weight is 221 g/mol. The zero-order valence-electron chi connectivity index (χ0n) is 9.29. The van der Waals surface area contributed by atoms with Crippen LogP contribution in [0, 0.1) is 0 Å². The van der Waals surface area contributed by atoms with E-state index in [0.29, 0.717) is 5.56 Å². The summed E-state index contributed by atoms with van der Waals surface area (Å²) >= 11 is 0. The Kier molecular flexibility index (Phi) is 3.41. The maximum atomic E-state index is 11.4. The monoisotopic (exact) mass is 221 g/mol. The maximum absolute atomic E-state index is 11.4. The summed E-state index contributed by atoms with van der Waals surface area (Å²) in [4.78, 5) is 16.8. The fourth-order valence-electron chi connectivity index (χ4n) is 1.76. The Morgan fingerprint density at radius 2 is 2.31 bits per heavy atom. The first-order valence-electron chi connectivity index (χ1n) is 5.42. The highest BCUT2D eigenvalue weighted by Gasteiger charge is 2.12. The number of fused-ring (bicyclic) bond motifs is 1. The highest BCUT2D eigenvalue weighted by Crippen LogP contribution is 2.23. The van der Waals surface area contributed by atoms with E-state index in [4.69, 9.17) is 4.84 Å². The van der Waals surface area contributed by atoms with Crippen molar-refractivity contribution in [1.82, 2.24) is 5.48 Å². The normalized spacial score (nSPS) is 15.3. The molecule has 0 spiro atoms. The Hall–Kier alpha value is -1.55. The Morgan fingerprint density at radius 3 is 3.12 bits per heavy atom. The molecule has 1 N–H and O–H groups in total. The molecule has 0 aromatic heterocycles. The summed E-state index contributed by atoms with van der Waals surface area (Å²) in [5, 5.41) is 0. The van der Waals surface area contributed by atoms with Gasteiger partial charge in [0.25, 0.3) is 0 Å². The predicted octanol–water partition coefficient (Wildman–Crippen LogP) is 1.69. The van der Waals surface area contributed by atoms with Crippen molar-refractivity contribution in [2.75, 3.05) is 13.7 Å². The molecule has 1 heterocycles. The van der Waals surface area contributed by atoms with Crippen LogP contribution in [-0.4, -0.2) is 19.6 Å². The molecule has 16 heavy (non-hydrogen) atoms. The number of carbonyl (C=O) groups excluding carboxylic acids is 1. The van der Waals surface area contributed by atoms with E-state index >= 15 is 0 Å². The molecule has 0 aliphatic carbocycles. The van der Waals surface area contributed by atoms with E-state index in [-0.39, 0.29) is 5.97 Å². The molecule has 0 fully saturated rings. The Bertz CT molecular complexity index is 390. The van der Waals surface area contributed by atoms with Gasteiger partial charge in [-0.2, -0.15) is 5.48 Å². The highest BCUT2D eigenvalue weighted by molar-refractivity contribution is 5.89. The Labute approximate surface area is 94.5 Å². The van der Waals surface area contributed by atoms with Gasteiger partial charge in [0.1, 0.15) is 5.75 Å². The van der Waals surface area contributed by atoms with Crippen molar-refractivity contribution in [1.29, 1.82) is 0 Å². The molecule has 1 aromatic carbocycles. The fourth-order valence-corrected chi connectivity index (χ4v) is 1.76. The van der Waals surface area contributed by atoms with E-state index < -0.39 is 0 Å². The molecule has 0 bridgehead atoms. The summed E-state index contributed by atoms with van der Waals surface area (Å²) in [6.07, 6.45) is 3.09. The Balaban J connectivity index is 2.28. The molecule has 86 valence electrons. The first-order chi connectivity index (χ1) is 7.81. The zero-order valence-corrected chi connectivity index (χ0v) is 9.29. The van der Waals surface area contributed by atoms with Gasteiger partial charge in [-0.15, -0.1) is 0 Å². The minimum atomic E-state index is -0.308. The molecule has 0 radical (unpaired) electrons. The smallest absolute Gasteiger partial charge is 0.337 e. The molecule has 4 heteroatoms. The van der Waals surface area contributed by atoms with E-state index in [1.54, 1.807) is 12.1 Å². The molecule has 0 amide bonds. The van der Waals surface area contributed by atoms with Gasteiger partial charge in [-0.05, 0) is 43.0 Å². The van der Waals surface area contributed by atoms with Crippen molar-refractivity contribution < 1.29 is 14.4 Å². The van der Waals surface area contributed by atoms with Gasteiger partial charge in [0.15, 0.2) is 0 Å². The number of methoxy groups -OCH3 is 1. The van der Waals surface area contributed by atoms with Crippen LogP contribution in [0.25, 0.3) is 0 Å². The highest BCUT2D eigenvalue weighted by atomic mass is 16.6. The topological polar surface area (TPSA) is 47.6 Å². The lowest BCUT2D eigenvalue weighted by atomic mass is 10.0. The summed E-state index contributed by atoms with van der Waals surface area (Å²) in [6.45, 7) is 0.859. The van der Waals surface area contributed by atoms with Crippen molar-refractivity contribution in [3.8, 4) is 5.75 Å². The third kappa shape index (κ3) is 2.33. The summed E-state index contributed by atoms with van der Waals surface area (Å²) in [6, 6.07) is 5.36. The minimum Gasteiger partial charge on any atom is -0.465 e. The predicted molar refractivity (Wildman–Crippen MR) is 59.4 cm³/mol. The van der Waals surface area contributed by atoms with Crippen molar-refractivity contribution in [2.24, 2.45) is 0 Å². The molecule has 0 unspecified atom stereocenters. The number of aryl methyl sites for hydroxylation is 1. The molecule has 0 saturated carbocycles. The summed E-state index contributed by atoms with van der Waals surface area (Å²) in [5.74, 6) is 0.491. The SMILES string of the molecule is COC(=O)c1ccc2c(c1)CCCCNO2. The van der Waals surface area contributed by atoms with Crippen molar-refractivity contribution in [2.45, 2.75) is 19.3 Å². The van der Waals surface area contributed by atoms with Crippen molar-refractivity contribution in [3.05, 3.63) is 29.3 Å². The number of esters is 1. The van der Waals surface area contributed by atoms with E-state index in [9.17, 15) is 4.79 Å². The number of ether oxygens (including phenoxy) is 1. The Morgan fingerprint density at radius 1 is 1.44 bits per heavy atom. The number of hydrogen-bond donors (Lipinski definition) is 1. The van der Waals surface area contributed by atoms with Crippen LogP contribution in [0.1, 0.15) is 28.8 Å². The lowest BCUT2D eigenvalue weighted by molar-refractivity contribution is 0.0600. The van der Waals surface area contributed by atoms with E-state index in [1.165, 1.54) is 7.11 Å². The lowest BCUT2D eigenvalue weighted by Gasteiger charge is -2.15. The number of hydroxylamine groups is 1. The van der Waals surface area contributed by atoms with Gasteiger partial charge in [-0.25, -0.2) is 4.79 Å². The number of hydrogen-bond acceptors (Lipinski definition) is 4. The molecule has 1 aromatic rings. The van der Waals surface area contributed by atoms with E-state index in [2.05, 4.69) is 10.2 Å². The summed E-state index contributed by atoms with van der Waals surface area (Å²) in [7, 11) is 1.39. The van der Waals surface area contributed by atoms with Crippen LogP contribution >= 0.6 is 0 Å². The second-order valence-corrected chi connectivity index (χ2v) is 3.77. The number of carbonyl (C=O) groups is 1. The minimum absolute atomic E-state index is 0.308. The second-order valence-electron chi connectivity index (χ2n) is 3.77. The van der Waals surface area contributed by atoms with Gasteiger partial charge < -0.3 is 9.57 Å².